The van der Waals surface area contributed by atoms with Crippen molar-refractivity contribution < 1.29 is 27.8 Å². The van der Waals surface area contributed by atoms with Crippen LogP contribution in [0.5, 0.6) is 5.88 Å². The normalized spacial score (nSPS) is 15.9. The zero-order chi connectivity index (χ0) is 12.6. The highest BCUT2D eigenvalue weighted by atomic mass is 19.4. The molecule has 1 N–H and O–H groups in total. The maximum atomic E-state index is 11.9. The third-order valence-corrected chi connectivity index (χ3v) is 2.21. The molecule has 8 heteroatoms. The molecule has 0 radical (unpaired) electrons. The molecule has 1 aromatic heterocycles. The number of carbonyl (C=O) groups is 1. The van der Waals surface area contributed by atoms with Gasteiger partial charge in [-0.05, 0) is 12.8 Å². The maximum Gasteiger partial charge on any atom is 0.422 e. The van der Waals surface area contributed by atoms with E-state index in [0.29, 0.717) is 0 Å². The van der Waals surface area contributed by atoms with Crippen molar-refractivity contribution in [3.05, 3.63) is 11.8 Å². The molecule has 17 heavy (non-hydrogen) atoms. The van der Waals surface area contributed by atoms with Crippen molar-refractivity contribution in [1.29, 1.82) is 0 Å². The van der Waals surface area contributed by atoms with Crippen molar-refractivity contribution in [3.8, 4) is 5.88 Å². The second-order valence-corrected chi connectivity index (χ2v) is 3.75. The summed E-state index contributed by atoms with van der Waals surface area (Å²) in [6.07, 6.45) is -2.91. The first-order chi connectivity index (χ1) is 7.87. The molecule has 1 aliphatic rings. The van der Waals surface area contributed by atoms with Gasteiger partial charge in [-0.1, -0.05) is 0 Å². The molecule has 0 saturated heterocycles. The second-order valence-electron chi connectivity index (χ2n) is 3.75. The standard InChI is InChI=1S/C9H9F3N2O3/c10-9(11,12)4-17-7-3-6(8(15)16)14(13-7)5-1-2-5/h3,5H,1-2,4H2,(H,15,16). The Hall–Kier alpha value is -1.73. The van der Waals surface area contributed by atoms with E-state index in [9.17, 15) is 18.0 Å². The Morgan fingerprint density at radius 3 is 2.71 bits per heavy atom. The molecule has 2 rings (SSSR count). The fourth-order valence-corrected chi connectivity index (χ4v) is 1.36. The Morgan fingerprint density at radius 2 is 2.24 bits per heavy atom. The van der Waals surface area contributed by atoms with Crippen LogP contribution in [0.3, 0.4) is 0 Å². The summed E-state index contributed by atoms with van der Waals surface area (Å²) in [5.74, 6) is -1.54. The third-order valence-electron chi connectivity index (χ3n) is 2.21. The molecule has 1 heterocycles. The summed E-state index contributed by atoms with van der Waals surface area (Å²) in [7, 11) is 0. The van der Waals surface area contributed by atoms with E-state index in [-0.39, 0.29) is 17.6 Å². The van der Waals surface area contributed by atoms with Gasteiger partial charge in [0.25, 0.3) is 0 Å². The van der Waals surface area contributed by atoms with Gasteiger partial charge in [0.2, 0.25) is 5.88 Å². The fraction of sp³-hybridized carbons (Fsp3) is 0.556. The Morgan fingerprint density at radius 1 is 1.59 bits per heavy atom. The van der Waals surface area contributed by atoms with Crippen LogP contribution in [0.15, 0.2) is 6.07 Å². The predicted molar refractivity (Wildman–Crippen MR) is 49.0 cm³/mol. The fourth-order valence-electron chi connectivity index (χ4n) is 1.36. The molecule has 0 aromatic carbocycles. The lowest BCUT2D eigenvalue weighted by Gasteiger charge is -2.05. The van der Waals surface area contributed by atoms with Gasteiger partial charge in [-0.2, -0.15) is 13.2 Å². The molecule has 1 aromatic rings. The molecule has 94 valence electrons. The summed E-state index contributed by atoms with van der Waals surface area (Å²) in [5.41, 5.74) is -0.148. The lowest BCUT2D eigenvalue weighted by Crippen LogP contribution is -2.19. The number of ether oxygens (including phenoxy) is 1. The topological polar surface area (TPSA) is 64.3 Å². The molecule has 1 saturated carbocycles. The summed E-state index contributed by atoms with van der Waals surface area (Å²) >= 11 is 0. The van der Waals surface area contributed by atoms with Gasteiger partial charge in [0.15, 0.2) is 12.3 Å². The molecule has 0 atom stereocenters. The van der Waals surface area contributed by atoms with Crippen LogP contribution in [0.1, 0.15) is 29.4 Å². The highest BCUT2D eigenvalue weighted by Gasteiger charge is 2.32. The number of rotatable bonds is 4. The number of aromatic nitrogens is 2. The van der Waals surface area contributed by atoms with Gasteiger partial charge in [0.1, 0.15) is 0 Å². The molecule has 0 aliphatic heterocycles. The minimum Gasteiger partial charge on any atom is -0.477 e. The van der Waals surface area contributed by atoms with Crippen LogP contribution in [-0.2, 0) is 0 Å². The number of carboxylic acid groups (broad SMARTS) is 1. The lowest BCUT2D eigenvalue weighted by atomic mass is 10.4. The van der Waals surface area contributed by atoms with Crippen LogP contribution in [0.25, 0.3) is 0 Å². The zero-order valence-corrected chi connectivity index (χ0v) is 8.57. The maximum absolute atomic E-state index is 11.9. The molecule has 0 bridgehead atoms. The molecule has 0 spiro atoms. The Labute approximate surface area is 93.8 Å². The van der Waals surface area contributed by atoms with Crippen molar-refractivity contribution >= 4 is 5.97 Å². The van der Waals surface area contributed by atoms with Gasteiger partial charge in [-0.3, -0.25) is 4.68 Å². The van der Waals surface area contributed by atoms with Gasteiger partial charge in [0.05, 0.1) is 6.04 Å². The van der Waals surface area contributed by atoms with E-state index in [4.69, 9.17) is 5.11 Å². The average molecular weight is 250 g/mol. The second kappa shape index (κ2) is 3.94. The van der Waals surface area contributed by atoms with Crippen LogP contribution in [0.4, 0.5) is 13.2 Å². The predicted octanol–water partition coefficient (Wildman–Crippen LogP) is 1.86. The molecule has 1 fully saturated rings. The van der Waals surface area contributed by atoms with Crippen LogP contribution >= 0.6 is 0 Å². The van der Waals surface area contributed by atoms with Gasteiger partial charge in [0, 0.05) is 6.07 Å². The third kappa shape index (κ3) is 2.89. The van der Waals surface area contributed by atoms with E-state index in [2.05, 4.69) is 9.84 Å². The molecule has 0 unspecified atom stereocenters. The van der Waals surface area contributed by atoms with E-state index >= 15 is 0 Å². The lowest BCUT2D eigenvalue weighted by molar-refractivity contribution is -0.154. The molecular formula is C9H9F3N2O3. The number of hydrogen-bond acceptors (Lipinski definition) is 3. The van der Waals surface area contributed by atoms with Crippen molar-refractivity contribution in [2.24, 2.45) is 0 Å². The van der Waals surface area contributed by atoms with E-state index in [1.165, 1.54) is 4.68 Å². The first-order valence-corrected chi connectivity index (χ1v) is 4.89. The smallest absolute Gasteiger partial charge is 0.422 e. The van der Waals surface area contributed by atoms with Crippen LogP contribution in [-0.4, -0.2) is 33.6 Å². The molecule has 1 aliphatic carbocycles. The van der Waals surface area contributed by atoms with Gasteiger partial charge in [-0.15, -0.1) is 5.10 Å². The average Bonchev–Trinajstić information content (AvgIpc) is 2.94. The number of aromatic carboxylic acids is 1. The number of hydrogen-bond donors (Lipinski definition) is 1. The molecule has 5 nitrogen and oxygen atoms in total. The Bertz CT molecular complexity index is 437. The van der Waals surface area contributed by atoms with E-state index in [0.717, 1.165) is 18.9 Å². The summed E-state index contributed by atoms with van der Waals surface area (Å²) in [5, 5.41) is 12.6. The van der Waals surface area contributed by atoms with Crippen molar-refractivity contribution in [3.63, 3.8) is 0 Å². The van der Waals surface area contributed by atoms with Crippen LogP contribution in [0, 0.1) is 0 Å². The number of alkyl halides is 3. The first kappa shape index (κ1) is 11.7. The summed E-state index contributed by atoms with van der Waals surface area (Å²) in [6, 6.07) is 0.969. The molecule has 0 amide bonds. The van der Waals surface area contributed by atoms with Crippen molar-refractivity contribution in [1.82, 2.24) is 9.78 Å². The monoisotopic (exact) mass is 250 g/mol. The Balaban J connectivity index is 2.13. The van der Waals surface area contributed by atoms with E-state index < -0.39 is 18.8 Å². The zero-order valence-electron chi connectivity index (χ0n) is 8.57. The van der Waals surface area contributed by atoms with Crippen LogP contribution in [0.2, 0.25) is 0 Å². The van der Waals surface area contributed by atoms with Gasteiger partial charge >= 0.3 is 12.1 Å². The van der Waals surface area contributed by atoms with Crippen molar-refractivity contribution in [2.45, 2.75) is 25.1 Å². The first-order valence-electron chi connectivity index (χ1n) is 4.89. The Kier molecular flexibility index (Phi) is 2.72. The number of halogens is 3. The van der Waals surface area contributed by atoms with Gasteiger partial charge in [-0.25, -0.2) is 4.79 Å². The summed E-state index contributed by atoms with van der Waals surface area (Å²) in [6.45, 7) is -1.48. The highest BCUT2D eigenvalue weighted by molar-refractivity contribution is 5.86. The highest BCUT2D eigenvalue weighted by Crippen LogP contribution is 2.36. The summed E-state index contributed by atoms with van der Waals surface area (Å²) < 4.78 is 41.3. The van der Waals surface area contributed by atoms with E-state index in [1.807, 2.05) is 0 Å². The largest absolute Gasteiger partial charge is 0.477 e. The number of carboxylic acids is 1. The molecular weight excluding hydrogens is 241 g/mol. The quantitative estimate of drug-likeness (QED) is 0.885. The van der Waals surface area contributed by atoms with Crippen LogP contribution < -0.4 is 4.74 Å². The minimum absolute atomic E-state index is 0.0377. The minimum atomic E-state index is -4.47. The van der Waals surface area contributed by atoms with Crippen molar-refractivity contribution in [2.75, 3.05) is 6.61 Å². The SMILES string of the molecule is O=C(O)c1cc(OCC(F)(F)F)nn1C1CC1. The summed E-state index contributed by atoms with van der Waals surface area (Å²) in [4.78, 5) is 10.8. The van der Waals surface area contributed by atoms with E-state index in [1.54, 1.807) is 0 Å². The number of nitrogens with zero attached hydrogens (tertiary/aromatic N) is 2. The van der Waals surface area contributed by atoms with Gasteiger partial charge < -0.3 is 9.84 Å².